The Bertz CT molecular complexity index is 487. The molecule has 1 saturated carbocycles. The quantitative estimate of drug-likeness (QED) is 0.822. The van der Waals surface area contributed by atoms with Crippen LogP contribution in [0.5, 0.6) is 5.75 Å². The normalized spacial score (nSPS) is 22.0. The predicted molar refractivity (Wildman–Crippen MR) is 97.9 cm³/mol. The fraction of sp³-hybridized carbons (Fsp3) is 0.700. The molecule has 1 aliphatic carbocycles. The Labute approximate surface area is 142 Å². The first-order valence-electron chi connectivity index (χ1n) is 9.20. The van der Waals surface area contributed by atoms with Crippen molar-refractivity contribution in [1.29, 1.82) is 0 Å². The smallest absolute Gasteiger partial charge is 0.120 e. The van der Waals surface area contributed by atoms with Crippen LogP contribution in [-0.4, -0.2) is 48.1 Å². The van der Waals surface area contributed by atoms with Crippen LogP contribution in [0.2, 0.25) is 0 Å². The third-order valence-corrected chi connectivity index (χ3v) is 5.31. The van der Waals surface area contributed by atoms with Gasteiger partial charge < -0.3 is 10.0 Å². The van der Waals surface area contributed by atoms with Gasteiger partial charge in [-0.05, 0) is 58.5 Å². The molecule has 3 heteroatoms. The van der Waals surface area contributed by atoms with Gasteiger partial charge in [0.05, 0.1) is 0 Å². The second kappa shape index (κ2) is 8.70. The highest BCUT2D eigenvalue weighted by Crippen LogP contribution is 2.28. The highest BCUT2D eigenvalue weighted by atomic mass is 16.3. The molecule has 0 saturated heterocycles. The van der Waals surface area contributed by atoms with Crippen LogP contribution in [0.15, 0.2) is 18.2 Å². The molecule has 1 aromatic carbocycles. The van der Waals surface area contributed by atoms with Crippen molar-refractivity contribution in [2.24, 2.45) is 0 Å². The molecule has 2 atom stereocenters. The number of phenolic OH excluding ortho intramolecular Hbond substituents is 1. The summed E-state index contributed by atoms with van der Waals surface area (Å²) < 4.78 is 0. The molecule has 1 N–H and O–H groups in total. The molecule has 0 spiro atoms. The standard InChI is InChI=1S/C20H34N2O/c1-5-6-9-16-12-13-20(23)17(14-16)15-22(4)19-11-8-7-10-18(19)21(2)3/h12-14,18-19,23H,5-11,15H2,1-4H3/t18-,19-/m1/s1. The van der Waals surface area contributed by atoms with E-state index >= 15 is 0 Å². The number of likely N-dealkylation sites (N-methyl/N-ethyl adjacent to an activating group) is 2. The number of benzene rings is 1. The Hall–Kier alpha value is -1.06. The lowest BCUT2D eigenvalue weighted by molar-refractivity contribution is 0.0872. The van der Waals surface area contributed by atoms with Crippen LogP contribution in [0.25, 0.3) is 0 Å². The van der Waals surface area contributed by atoms with Gasteiger partial charge in [0.2, 0.25) is 0 Å². The molecule has 0 aromatic heterocycles. The van der Waals surface area contributed by atoms with E-state index in [-0.39, 0.29) is 0 Å². The summed E-state index contributed by atoms with van der Waals surface area (Å²) in [7, 11) is 6.60. The van der Waals surface area contributed by atoms with E-state index in [1.165, 1.54) is 44.1 Å². The molecule has 0 aliphatic heterocycles. The summed E-state index contributed by atoms with van der Waals surface area (Å²) in [5, 5.41) is 10.2. The zero-order chi connectivity index (χ0) is 16.8. The Morgan fingerprint density at radius 3 is 2.43 bits per heavy atom. The molecular formula is C20H34N2O. The highest BCUT2D eigenvalue weighted by molar-refractivity contribution is 5.36. The van der Waals surface area contributed by atoms with E-state index in [2.05, 4.69) is 50.0 Å². The summed E-state index contributed by atoms with van der Waals surface area (Å²) in [6.45, 7) is 3.06. The second-order valence-corrected chi connectivity index (χ2v) is 7.36. The molecule has 0 amide bonds. The molecule has 1 aliphatic rings. The summed E-state index contributed by atoms with van der Waals surface area (Å²) >= 11 is 0. The number of unbranched alkanes of at least 4 members (excludes halogenated alkanes) is 1. The van der Waals surface area contributed by atoms with Gasteiger partial charge in [-0.1, -0.05) is 38.3 Å². The maximum Gasteiger partial charge on any atom is 0.120 e. The molecular weight excluding hydrogens is 284 g/mol. The summed E-state index contributed by atoms with van der Waals surface area (Å²) in [4.78, 5) is 4.82. The molecule has 0 bridgehead atoms. The second-order valence-electron chi connectivity index (χ2n) is 7.36. The third kappa shape index (κ3) is 4.95. The van der Waals surface area contributed by atoms with Gasteiger partial charge in [0.25, 0.3) is 0 Å². The van der Waals surface area contributed by atoms with Crippen molar-refractivity contribution < 1.29 is 5.11 Å². The molecule has 0 heterocycles. The zero-order valence-corrected chi connectivity index (χ0v) is 15.4. The van der Waals surface area contributed by atoms with Crippen LogP contribution < -0.4 is 0 Å². The minimum Gasteiger partial charge on any atom is -0.508 e. The lowest BCUT2D eigenvalue weighted by atomic mass is 9.88. The number of hydrogen-bond acceptors (Lipinski definition) is 3. The molecule has 1 fully saturated rings. The van der Waals surface area contributed by atoms with Crippen LogP contribution in [0.1, 0.15) is 56.6 Å². The first-order valence-corrected chi connectivity index (χ1v) is 9.20. The van der Waals surface area contributed by atoms with Gasteiger partial charge in [-0.2, -0.15) is 0 Å². The minimum atomic E-state index is 0.439. The SMILES string of the molecule is CCCCc1ccc(O)c(CN(C)[C@@H]2CCCC[C@H]2N(C)C)c1. The lowest BCUT2D eigenvalue weighted by Crippen LogP contribution is -2.49. The van der Waals surface area contributed by atoms with Crippen molar-refractivity contribution in [1.82, 2.24) is 9.80 Å². The molecule has 0 unspecified atom stereocenters. The van der Waals surface area contributed by atoms with E-state index in [1.807, 2.05) is 6.07 Å². The van der Waals surface area contributed by atoms with Gasteiger partial charge in [0.15, 0.2) is 0 Å². The average molecular weight is 319 g/mol. The third-order valence-electron chi connectivity index (χ3n) is 5.31. The van der Waals surface area contributed by atoms with Gasteiger partial charge in [-0.15, -0.1) is 0 Å². The summed E-state index contributed by atoms with van der Waals surface area (Å²) in [6, 6.07) is 7.35. The maximum atomic E-state index is 10.2. The van der Waals surface area contributed by atoms with Gasteiger partial charge in [0.1, 0.15) is 5.75 Å². The fourth-order valence-corrected chi connectivity index (χ4v) is 3.90. The van der Waals surface area contributed by atoms with Crippen LogP contribution in [-0.2, 0) is 13.0 Å². The molecule has 3 nitrogen and oxygen atoms in total. The monoisotopic (exact) mass is 318 g/mol. The molecule has 1 aromatic rings. The summed E-state index contributed by atoms with van der Waals surface area (Å²) in [5.74, 6) is 0.439. The van der Waals surface area contributed by atoms with E-state index in [1.54, 1.807) is 0 Å². The number of hydrogen-bond donors (Lipinski definition) is 1. The summed E-state index contributed by atoms with van der Waals surface area (Å²) in [5.41, 5.74) is 2.42. The Kier molecular flexibility index (Phi) is 6.91. The molecule has 0 radical (unpaired) electrons. The number of aromatic hydroxyl groups is 1. The van der Waals surface area contributed by atoms with Crippen molar-refractivity contribution in [3.8, 4) is 5.75 Å². The number of rotatable bonds is 7. The largest absolute Gasteiger partial charge is 0.508 e. The van der Waals surface area contributed by atoms with Gasteiger partial charge in [-0.3, -0.25) is 4.90 Å². The first kappa shape index (κ1) is 18.3. The fourth-order valence-electron chi connectivity index (χ4n) is 3.90. The number of nitrogens with zero attached hydrogens (tertiary/aromatic N) is 2. The molecule has 130 valence electrons. The molecule has 2 rings (SSSR count). The first-order chi connectivity index (χ1) is 11.0. The van der Waals surface area contributed by atoms with E-state index in [9.17, 15) is 5.11 Å². The van der Waals surface area contributed by atoms with Gasteiger partial charge in [-0.25, -0.2) is 0 Å². The van der Waals surface area contributed by atoms with E-state index in [4.69, 9.17) is 0 Å². The van der Waals surface area contributed by atoms with Crippen LogP contribution >= 0.6 is 0 Å². The van der Waals surface area contributed by atoms with E-state index < -0.39 is 0 Å². The molecule has 23 heavy (non-hydrogen) atoms. The Balaban J connectivity index is 2.07. The minimum absolute atomic E-state index is 0.439. The van der Waals surface area contributed by atoms with E-state index in [0.29, 0.717) is 17.8 Å². The topological polar surface area (TPSA) is 26.7 Å². The van der Waals surface area contributed by atoms with Crippen molar-refractivity contribution >= 4 is 0 Å². The van der Waals surface area contributed by atoms with Crippen LogP contribution in [0.4, 0.5) is 0 Å². The van der Waals surface area contributed by atoms with Crippen molar-refractivity contribution in [3.05, 3.63) is 29.3 Å². The highest BCUT2D eigenvalue weighted by Gasteiger charge is 2.29. The van der Waals surface area contributed by atoms with Crippen LogP contribution in [0.3, 0.4) is 0 Å². The van der Waals surface area contributed by atoms with Crippen molar-refractivity contribution in [2.75, 3.05) is 21.1 Å². The van der Waals surface area contributed by atoms with Crippen molar-refractivity contribution in [2.45, 2.75) is 70.5 Å². The van der Waals surface area contributed by atoms with Crippen molar-refractivity contribution in [3.63, 3.8) is 0 Å². The number of phenols is 1. The van der Waals surface area contributed by atoms with Crippen LogP contribution in [0, 0.1) is 0 Å². The lowest BCUT2D eigenvalue weighted by Gasteiger charge is -2.41. The number of aryl methyl sites for hydroxylation is 1. The Morgan fingerprint density at radius 2 is 1.78 bits per heavy atom. The maximum absolute atomic E-state index is 10.2. The van der Waals surface area contributed by atoms with E-state index in [0.717, 1.165) is 18.5 Å². The van der Waals surface area contributed by atoms with Gasteiger partial charge in [0, 0.05) is 24.2 Å². The average Bonchev–Trinajstić information content (AvgIpc) is 2.55. The Morgan fingerprint density at radius 1 is 1.09 bits per heavy atom. The zero-order valence-electron chi connectivity index (χ0n) is 15.4. The van der Waals surface area contributed by atoms with Gasteiger partial charge >= 0.3 is 0 Å². The summed E-state index contributed by atoms with van der Waals surface area (Å²) in [6.07, 6.45) is 8.73. The predicted octanol–water partition coefficient (Wildman–Crippen LogP) is 4.04.